The standard InChI is InChI=1S/C12H18N2O3S/c1-12(2,13)8-14-11(15)9-4-6-10(7-5-9)18(3,16)17/h4-7H,8,13H2,1-3H3,(H,14,15). The van der Waals surface area contributed by atoms with Crippen molar-refractivity contribution in [3.05, 3.63) is 29.8 Å². The van der Waals surface area contributed by atoms with Gasteiger partial charge < -0.3 is 11.1 Å². The third-order valence-electron chi connectivity index (χ3n) is 2.25. The van der Waals surface area contributed by atoms with Gasteiger partial charge in [-0.1, -0.05) is 0 Å². The second-order valence-electron chi connectivity index (χ2n) is 4.97. The van der Waals surface area contributed by atoms with E-state index in [0.717, 1.165) is 6.26 Å². The van der Waals surface area contributed by atoms with E-state index in [9.17, 15) is 13.2 Å². The zero-order valence-corrected chi connectivity index (χ0v) is 11.5. The van der Waals surface area contributed by atoms with Crippen molar-refractivity contribution in [2.24, 2.45) is 5.73 Å². The third-order valence-corrected chi connectivity index (χ3v) is 3.38. The maximum Gasteiger partial charge on any atom is 0.251 e. The van der Waals surface area contributed by atoms with Crippen molar-refractivity contribution in [2.45, 2.75) is 24.3 Å². The van der Waals surface area contributed by atoms with Gasteiger partial charge in [0.2, 0.25) is 0 Å². The molecule has 1 aromatic rings. The maximum absolute atomic E-state index is 11.7. The van der Waals surface area contributed by atoms with E-state index < -0.39 is 15.4 Å². The van der Waals surface area contributed by atoms with Gasteiger partial charge in [0.15, 0.2) is 9.84 Å². The Labute approximate surface area is 107 Å². The Morgan fingerprint density at radius 1 is 1.28 bits per heavy atom. The zero-order chi connectivity index (χ0) is 14.0. The normalized spacial score (nSPS) is 12.2. The van der Waals surface area contributed by atoms with Crippen molar-refractivity contribution in [3.63, 3.8) is 0 Å². The Bertz CT molecular complexity index is 527. The van der Waals surface area contributed by atoms with E-state index in [1.54, 1.807) is 13.8 Å². The van der Waals surface area contributed by atoms with Crippen molar-refractivity contribution >= 4 is 15.7 Å². The molecule has 0 aliphatic heterocycles. The van der Waals surface area contributed by atoms with E-state index in [0.29, 0.717) is 12.1 Å². The molecule has 100 valence electrons. The zero-order valence-electron chi connectivity index (χ0n) is 10.7. The van der Waals surface area contributed by atoms with E-state index in [2.05, 4.69) is 5.32 Å². The molecule has 0 aliphatic rings. The average molecular weight is 270 g/mol. The molecule has 0 atom stereocenters. The van der Waals surface area contributed by atoms with Crippen LogP contribution in [0, 0.1) is 0 Å². The Kier molecular flexibility index (Phi) is 4.13. The summed E-state index contributed by atoms with van der Waals surface area (Å²) in [5, 5.41) is 2.68. The number of rotatable bonds is 4. The molecule has 1 aromatic carbocycles. The fraction of sp³-hybridized carbons (Fsp3) is 0.417. The quantitative estimate of drug-likeness (QED) is 0.836. The van der Waals surface area contributed by atoms with E-state index in [1.165, 1.54) is 24.3 Å². The predicted octanol–water partition coefficient (Wildman–Crippen LogP) is 0.557. The van der Waals surface area contributed by atoms with Gasteiger partial charge in [0, 0.05) is 23.9 Å². The molecule has 0 spiro atoms. The number of hydrogen-bond acceptors (Lipinski definition) is 4. The Hall–Kier alpha value is -1.40. The van der Waals surface area contributed by atoms with Crippen molar-refractivity contribution < 1.29 is 13.2 Å². The summed E-state index contributed by atoms with van der Waals surface area (Å²) >= 11 is 0. The summed E-state index contributed by atoms with van der Waals surface area (Å²) in [5.74, 6) is -0.270. The van der Waals surface area contributed by atoms with E-state index >= 15 is 0 Å². The molecule has 0 saturated heterocycles. The summed E-state index contributed by atoms with van der Waals surface area (Å²) in [6, 6.07) is 5.79. The summed E-state index contributed by atoms with van der Waals surface area (Å²) in [6.45, 7) is 3.96. The monoisotopic (exact) mass is 270 g/mol. The number of nitrogens with one attached hydrogen (secondary N) is 1. The Morgan fingerprint density at radius 2 is 1.78 bits per heavy atom. The summed E-state index contributed by atoms with van der Waals surface area (Å²) in [4.78, 5) is 11.9. The average Bonchev–Trinajstić information content (AvgIpc) is 2.24. The lowest BCUT2D eigenvalue weighted by atomic mass is 10.1. The van der Waals surface area contributed by atoms with Gasteiger partial charge in [-0.15, -0.1) is 0 Å². The van der Waals surface area contributed by atoms with E-state index in [1.807, 2.05) is 0 Å². The second kappa shape index (κ2) is 5.07. The first kappa shape index (κ1) is 14.7. The van der Waals surface area contributed by atoms with Crippen LogP contribution in [0.25, 0.3) is 0 Å². The van der Waals surface area contributed by atoms with Crippen LogP contribution in [0.2, 0.25) is 0 Å². The second-order valence-corrected chi connectivity index (χ2v) is 6.98. The van der Waals surface area contributed by atoms with E-state index in [-0.39, 0.29) is 10.8 Å². The molecule has 18 heavy (non-hydrogen) atoms. The van der Waals surface area contributed by atoms with Gasteiger partial charge in [0.25, 0.3) is 5.91 Å². The first-order valence-corrected chi connectivity index (χ1v) is 7.36. The number of carbonyl (C=O) groups excluding carboxylic acids is 1. The largest absolute Gasteiger partial charge is 0.350 e. The number of sulfone groups is 1. The minimum Gasteiger partial charge on any atom is -0.350 e. The molecular formula is C12H18N2O3S. The molecule has 3 N–H and O–H groups in total. The van der Waals surface area contributed by atoms with Crippen LogP contribution in [0.5, 0.6) is 0 Å². The number of nitrogens with two attached hydrogens (primary N) is 1. The van der Waals surface area contributed by atoms with Gasteiger partial charge in [0.05, 0.1) is 4.90 Å². The molecule has 0 radical (unpaired) electrons. The highest BCUT2D eigenvalue weighted by atomic mass is 32.2. The topological polar surface area (TPSA) is 89.3 Å². The molecule has 0 bridgehead atoms. The molecular weight excluding hydrogens is 252 g/mol. The van der Waals surface area contributed by atoms with Gasteiger partial charge in [-0.3, -0.25) is 4.79 Å². The minimum atomic E-state index is -3.23. The lowest BCUT2D eigenvalue weighted by Crippen LogP contribution is -2.45. The smallest absolute Gasteiger partial charge is 0.251 e. The van der Waals surface area contributed by atoms with Crippen LogP contribution in [0.4, 0.5) is 0 Å². The van der Waals surface area contributed by atoms with Crippen molar-refractivity contribution in [1.29, 1.82) is 0 Å². The molecule has 0 unspecified atom stereocenters. The molecule has 0 aromatic heterocycles. The summed E-state index contributed by atoms with van der Waals surface area (Å²) in [6.07, 6.45) is 1.12. The molecule has 1 rings (SSSR count). The van der Waals surface area contributed by atoms with Crippen LogP contribution in [0.1, 0.15) is 24.2 Å². The minimum absolute atomic E-state index is 0.193. The third kappa shape index (κ3) is 4.46. The Morgan fingerprint density at radius 3 is 2.17 bits per heavy atom. The number of hydrogen-bond donors (Lipinski definition) is 2. The first-order chi connectivity index (χ1) is 8.09. The number of benzene rings is 1. The number of amides is 1. The summed E-state index contributed by atoms with van der Waals surface area (Å²) < 4.78 is 22.5. The molecule has 0 saturated carbocycles. The molecule has 0 aliphatic carbocycles. The fourth-order valence-electron chi connectivity index (χ4n) is 1.26. The highest BCUT2D eigenvalue weighted by Gasteiger charge is 2.14. The van der Waals surface area contributed by atoms with Crippen LogP contribution in [-0.2, 0) is 9.84 Å². The molecule has 1 amide bonds. The predicted molar refractivity (Wildman–Crippen MR) is 70.2 cm³/mol. The molecule has 0 fully saturated rings. The van der Waals surface area contributed by atoms with Gasteiger partial charge in [0.1, 0.15) is 0 Å². The van der Waals surface area contributed by atoms with Crippen LogP contribution in [-0.4, -0.2) is 32.7 Å². The Balaban J connectivity index is 2.77. The molecule has 6 heteroatoms. The maximum atomic E-state index is 11.7. The van der Waals surface area contributed by atoms with Crippen molar-refractivity contribution in [3.8, 4) is 0 Å². The lowest BCUT2D eigenvalue weighted by molar-refractivity contribution is 0.0946. The number of carbonyl (C=O) groups is 1. The first-order valence-electron chi connectivity index (χ1n) is 5.47. The molecule has 5 nitrogen and oxygen atoms in total. The van der Waals surface area contributed by atoms with Crippen molar-refractivity contribution in [1.82, 2.24) is 5.32 Å². The van der Waals surface area contributed by atoms with Crippen LogP contribution >= 0.6 is 0 Å². The lowest BCUT2D eigenvalue weighted by Gasteiger charge is -2.18. The van der Waals surface area contributed by atoms with Gasteiger partial charge in [-0.05, 0) is 38.1 Å². The van der Waals surface area contributed by atoms with Crippen LogP contribution in [0.3, 0.4) is 0 Å². The fourth-order valence-corrected chi connectivity index (χ4v) is 1.89. The SMILES string of the molecule is CC(C)(N)CNC(=O)c1ccc(S(C)(=O)=O)cc1. The van der Waals surface area contributed by atoms with Gasteiger partial charge in [-0.25, -0.2) is 8.42 Å². The highest BCUT2D eigenvalue weighted by molar-refractivity contribution is 7.90. The summed E-state index contributed by atoms with van der Waals surface area (Å²) in [5.41, 5.74) is 5.67. The van der Waals surface area contributed by atoms with Crippen molar-refractivity contribution in [2.75, 3.05) is 12.8 Å². The van der Waals surface area contributed by atoms with Crippen LogP contribution in [0.15, 0.2) is 29.2 Å². The van der Waals surface area contributed by atoms with Gasteiger partial charge in [-0.2, -0.15) is 0 Å². The summed E-state index contributed by atoms with van der Waals surface area (Å²) in [7, 11) is -3.23. The highest BCUT2D eigenvalue weighted by Crippen LogP contribution is 2.10. The van der Waals surface area contributed by atoms with Gasteiger partial charge >= 0.3 is 0 Å². The molecule has 0 heterocycles. The van der Waals surface area contributed by atoms with Crippen LogP contribution < -0.4 is 11.1 Å². The van der Waals surface area contributed by atoms with E-state index in [4.69, 9.17) is 5.73 Å².